The molecular weight excluding hydrogens is 234 g/mol. The first-order chi connectivity index (χ1) is 8.15. The molecule has 0 aliphatic heterocycles. The summed E-state index contributed by atoms with van der Waals surface area (Å²) in [6.07, 6.45) is 0. The summed E-state index contributed by atoms with van der Waals surface area (Å²) < 4.78 is 6.26. The molecular formula is C12H11N3OS. The molecule has 2 aromatic heterocycles. The van der Waals surface area contributed by atoms with Gasteiger partial charge in [0.25, 0.3) is 0 Å². The summed E-state index contributed by atoms with van der Waals surface area (Å²) in [5, 5.41) is 4.56. The van der Waals surface area contributed by atoms with Crippen LogP contribution in [0, 0.1) is 13.8 Å². The van der Waals surface area contributed by atoms with Crippen LogP contribution >= 0.6 is 11.3 Å². The van der Waals surface area contributed by atoms with Crippen LogP contribution in [0.5, 0.6) is 0 Å². The highest BCUT2D eigenvalue weighted by Gasteiger charge is 2.12. The van der Waals surface area contributed by atoms with Gasteiger partial charge in [-0.3, -0.25) is 0 Å². The lowest BCUT2D eigenvalue weighted by Crippen LogP contribution is -1.81. The van der Waals surface area contributed by atoms with E-state index < -0.39 is 0 Å². The number of rotatable bonds is 1. The van der Waals surface area contributed by atoms with E-state index in [1.807, 2.05) is 26.0 Å². The summed E-state index contributed by atoms with van der Waals surface area (Å²) in [6, 6.07) is 6.08. The van der Waals surface area contributed by atoms with Crippen LogP contribution in [0.15, 0.2) is 22.7 Å². The SMILES string of the molecule is Cc1noc(C)c1-c1ccc2nc(N)sc2c1. The van der Waals surface area contributed by atoms with E-state index in [0.29, 0.717) is 5.13 Å². The maximum absolute atomic E-state index is 5.70. The lowest BCUT2D eigenvalue weighted by Gasteiger charge is -1.99. The number of benzene rings is 1. The highest BCUT2D eigenvalue weighted by Crippen LogP contribution is 2.32. The smallest absolute Gasteiger partial charge is 0.181 e. The molecule has 5 heteroatoms. The third-order valence-electron chi connectivity index (χ3n) is 2.73. The molecule has 0 bridgehead atoms. The number of anilines is 1. The summed E-state index contributed by atoms with van der Waals surface area (Å²) in [6.45, 7) is 3.86. The minimum Gasteiger partial charge on any atom is -0.375 e. The van der Waals surface area contributed by atoms with Crippen LogP contribution in [0.2, 0.25) is 0 Å². The molecule has 0 aliphatic rings. The second kappa shape index (κ2) is 3.56. The number of thiazole rings is 1. The van der Waals surface area contributed by atoms with Crippen LogP contribution in [-0.2, 0) is 0 Å². The van der Waals surface area contributed by atoms with E-state index in [2.05, 4.69) is 16.2 Å². The molecule has 0 spiro atoms. The molecule has 3 aromatic rings. The van der Waals surface area contributed by atoms with Crippen LogP contribution in [0.25, 0.3) is 21.3 Å². The van der Waals surface area contributed by atoms with Crippen molar-refractivity contribution in [3.05, 3.63) is 29.7 Å². The molecule has 2 heterocycles. The molecule has 0 unspecified atom stereocenters. The summed E-state index contributed by atoms with van der Waals surface area (Å²) >= 11 is 1.49. The molecule has 0 atom stereocenters. The van der Waals surface area contributed by atoms with E-state index in [0.717, 1.165) is 32.8 Å². The Labute approximate surface area is 102 Å². The van der Waals surface area contributed by atoms with Crippen molar-refractivity contribution in [2.45, 2.75) is 13.8 Å². The predicted molar refractivity (Wildman–Crippen MR) is 69.0 cm³/mol. The van der Waals surface area contributed by atoms with Gasteiger partial charge in [0, 0.05) is 5.56 Å². The molecule has 0 saturated heterocycles. The first-order valence-corrected chi connectivity index (χ1v) is 6.06. The highest BCUT2D eigenvalue weighted by atomic mass is 32.1. The Hall–Kier alpha value is -1.88. The van der Waals surface area contributed by atoms with E-state index in [9.17, 15) is 0 Å². The largest absolute Gasteiger partial charge is 0.375 e. The van der Waals surface area contributed by atoms with Gasteiger partial charge in [-0.25, -0.2) is 4.98 Å². The number of aromatic nitrogens is 2. The Morgan fingerprint density at radius 3 is 2.82 bits per heavy atom. The van der Waals surface area contributed by atoms with Gasteiger partial charge in [-0.2, -0.15) is 0 Å². The monoisotopic (exact) mass is 245 g/mol. The maximum atomic E-state index is 5.70. The van der Waals surface area contributed by atoms with Crippen molar-refractivity contribution in [1.29, 1.82) is 0 Å². The number of nitrogen functional groups attached to an aromatic ring is 1. The van der Waals surface area contributed by atoms with Crippen molar-refractivity contribution >= 4 is 26.7 Å². The Kier molecular flexibility index (Phi) is 2.16. The molecule has 0 radical (unpaired) electrons. The first-order valence-electron chi connectivity index (χ1n) is 5.24. The standard InChI is InChI=1S/C12H11N3OS/c1-6-11(7(2)16-15-6)8-3-4-9-10(5-8)17-12(13)14-9/h3-5H,1-2H3,(H2,13,14). The van der Waals surface area contributed by atoms with Gasteiger partial charge in [-0.05, 0) is 31.5 Å². The van der Waals surface area contributed by atoms with Gasteiger partial charge in [0.2, 0.25) is 0 Å². The van der Waals surface area contributed by atoms with Crippen molar-refractivity contribution < 1.29 is 4.52 Å². The number of nitrogens with two attached hydrogens (primary N) is 1. The fourth-order valence-electron chi connectivity index (χ4n) is 1.99. The summed E-state index contributed by atoms with van der Waals surface area (Å²) in [7, 11) is 0. The van der Waals surface area contributed by atoms with Gasteiger partial charge >= 0.3 is 0 Å². The van der Waals surface area contributed by atoms with Crippen molar-refractivity contribution in [2.75, 3.05) is 5.73 Å². The molecule has 17 heavy (non-hydrogen) atoms. The van der Waals surface area contributed by atoms with Gasteiger partial charge < -0.3 is 10.3 Å². The van der Waals surface area contributed by atoms with Crippen LogP contribution in [0.4, 0.5) is 5.13 Å². The van der Waals surface area contributed by atoms with Crippen LogP contribution in [0.1, 0.15) is 11.5 Å². The third-order valence-corrected chi connectivity index (χ3v) is 3.57. The zero-order valence-corrected chi connectivity index (χ0v) is 10.3. The number of aryl methyl sites for hydroxylation is 2. The van der Waals surface area contributed by atoms with Gasteiger partial charge in [0.15, 0.2) is 5.13 Å². The minimum atomic E-state index is 0.593. The topological polar surface area (TPSA) is 64.9 Å². The quantitative estimate of drug-likeness (QED) is 0.715. The van der Waals surface area contributed by atoms with Crippen molar-refractivity contribution in [3.8, 4) is 11.1 Å². The van der Waals surface area contributed by atoms with Crippen molar-refractivity contribution in [1.82, 2.24) is 10.1 Å². The second-order valence-electron chi connectivity index (χ2n) is 3.93. The molecule has 0 saturated carbocycles. The van der Waals surface area contributed by atoms with Crippen molar-refractivity contribution in [2.24, 2.45) is 0 Å². The molecule has 2 N–H and O–H groups in total. The first kappa shape index (κ1) is 10.3. The maximum Gasteiger partial charge on any atom is 0.181 e. The van der Waals surface area contributed by atoms with Crippen LogP contribution < -0.4 is 5.73 Å². The fraction of sp³-hybridized carbons (Fsp3) is 0.167. The Balaban J connectivity index is 2.24. The minimum absolute atomic E-state index is 0.593. The number of hydrogen-bond acceptors (Lipinski definition) is 5. The number of hydrogen-bond donors (Lipinski definition) is 1. The van der Waals surface area contributed by atoms with Crippen molar-refractivity contribution in [3.63, 3.8) is 0 Å². The van der Waals surface area contributed by atoms with E-state index in [4.69, 9.17) is 10.3 Å². The lowest BCUT2D eigenvalue weighted by molar-refractivity contribution is 0.393. The molecule has 0 fully saturated rings. The van der Waals surface area contributed by atoms with Crippen LogP contribution in [0.3, 0.4) is 0 Å². The summed E-state index contributed by atoms with van der Waals surface area (Å²) in [5.74, 6) is 0.833. The predicted octanol–water partition coefficient (Wildman–Crippen LogP) is 3.15. The summed E-state index contributed by atoms with van der Waals surface area (Å²) in [5.41, 5.74) is 9.68. The average molecular weight is 245 g/mol. The Morgan fingerprint density at radius 1 is 1.29 bits per heavy atom. The van der Waals surface area contributed by atoms with Gasteiger partial charge in [-0.1, -0.05) is 22.6 Å². The second-order valence-corrected chi connectivity index (χ2v) is 5.00. The molecule has 86 valence electrons. The van der Waals surface area contributed by atoms with Gasteiger partial charge in [0.1, 0.15) is 5.76 Å². The molecule has 0 aliphatic carbocycles. The summed E-state index contributed by atoms with van der Waals surface area (Å²) in [4.78, 5) is 4.24. The van der Waals surface area contributed by atoms with Gasteiger partial charge in [-0.15, -0.1) is 0 Å². The third kappa shape index (κ3) is 1.59. The Morgan fingerprint density at radius 2 is 2.12 bits per heavy atom. The Bertz CT molecular complexity index is 679. The number of fused-ring (bicyclic) bond motifs is 1. The molecule has 0 amide bonds. The highest BCUT2D eigenvalue weighted by molar-refractivity contribution is 7.22. The van der Waals surface area contributed by atoms with Crippen LogP contribution in [-0.4, -0.2) is 10.1 Å². The van der Waals surface area contributed by atoms with E-state index in [1.165, 1.54) is 11.3 Å². The molecule has 1 aromatic carbocycles. The average Bonchev–Trinajstić information content (AvgIpc) is 2.80. The normalized spacial score (nSPS) is 11.2. The van der Waals surface area contributed by atoms with Gasteiger partial charge in [0.05, 0.1) is 15.9 Å². The fourth-order valence-corrected chi connectivity index (χ4v) is 2.77. The zero-order valence-electron chi connectivity index (χ0n) is 9.52. The zero-order chi connectivity index (χ0) is 12.0. The molecule has 3 rings (SSSR count). The van der Waals surface area contributed by atoms with E-state index >= 15 is 0 Å². The number of nitrogens with zero attached hydrogens (tertiary/aromatic N) is 2. The van der Waals surface area contributed by atoms with E-state index in [1.54, 1.807) is 0 Å². The van der Waals surface area contributed by atoms with E-state index in [-0.39, 0.29) is 0 Å². The lowest BCUT2D eigenvalue weighted by atomic mass is 10.0. The molecule has 4 nitrogen and oxygen atoms in total.